The number of esters is 1. The Morgan fingerprint density at radius 1 is 0.493 bits per heavy atom. The van der Waals surface area contributed by atoms with Crippen LogP contribution in [-0.4, -0.2) is 130 Å². The van der Waals surface area contributed by atoms with Crippen molar-refractivity contribution in [3.05, 3.63) is 119 Å². The fourth-order valence-electron chi connectivity index (χ4n) is 7.48. The number of fused-ring (bicyclic) bond motifs is 1. The Kier molecular flexibility index (Phi) is 23.1. The predicted octanol–water partition coefficient (Wildman–Crippen LogP) is 2.56. The highest BCUT2D eigenvalue weighted by atomic mass is 16.5. The molecule has 23 heteroatoms. The molecule has 5 atom stereocenters. The second-order valence-electron chi connectivity index (χ2n) is 17.4. The first-order valence-corrected chi connectivity index (χ1v) is 23.9. The molecule has 5 unspecified atom stereocenters. The molecule has 11 N–H and O–H groups in total. The molecule has 7 amide bonds. The maximum atomic E-state index is 13.7. The van der Waals surface area contributed by atoms with Crippen LogP contribution in [0.3, 0.4) is 0 Å². The Hall–Kier alpha value is -8.89. The van der Waals surface area contributed by atoms with Gasteiger partial charge >= 0.3 is 35.9 Å². The molecule has 0 radical (unpaired) electrons. The number of carbonyl (C=O) groups is 11. The lowest BCUT2D eigenvalue weighted by Crippen LogP contribution is -2.53. The molecule has 0 saturated carbocycles. The molecule has 400 valence electrons. The number of nitrogens with one attached hydrogen (secondary N) is 7. The van der Waals surface area contributed by atoms with Gasteiger partial charge in [-0.05, 0) is 91.6 Å². The van der Waals surface area contributed by atoms with Crippen molar-refractivity contribution >= 4 is 76.2 Å². The molecular weight excluding hydrogens is 979 g/mol. The Morgan fingerprint density at radius 2 is 1.00 bits per heavy atom. The number of amides is 7. The van der Waals surface area contributed by atoms with Crippen LogP contribution in [0.25, 0.3) is 10.8 Å². The summed E-state index contributed by atoms with van der Waals surface area (Å²) in [5, 5.41) is 57.1. The maximum Gasteiger partial charge on any atom is 0.326 e. The smallest absolute Gasteiger partial charge is 0.326 e. The van der Waals surface area contributed by atoms with Crippen LogP contribution in [0.1, 0.15) is 95.2 Å². The zero-order valence-corrected chi connectivity index (χ0v) is 41.2. The van der Waals surface area contributed by atoms with Crippen molar-refractivity contribution in [3.8, 4) is 0 Å². The van der Waals surface area contributed by atoms with Gasteiger partial charge in [-0.3, -0.25) is 38.4 Å². The van der Waals surface area contributed by atoms with Gasteiger partial charge in [0.05, 0.1) is 7.11 Å². The largest absolute Gasteiger partial charge is 0.481 e. The number of benzene rings is 4. The number of hydrogen-bond donors (Lipinski definition) is 11. The van der Waals surface area contributed by atoms with Gasteiger partial charge in [-0.15, -0.1) is 0 Å². The zero-order valence-electron chi connectivity index (χ0n) is 41.2. The minimum Gasteiger partial charge on any atom is -0.481 e. The van der Waals surface area contributed by atoms with Gasteiger partial charge in [0.25, 0.3) is 11.8 Å². The number of aliphatic carboxylic acids is 4. The third kappa shape index (κ3) is 20.3. The number of carboxylic acids is 4. The first-order valence-electron chi connectivity index (χ1n) is 23.9. The molecule has 0 bridgehead atoms. The Bertz CT molecular complexity index is 2700. The summed E-state index contributed by atoms with van der Waals surface area (Å²) in [6.45, 7) is 1.72. The molecule has 4 rings (SSSR count). The van der Waals surface area contributed by atoms with E-state index in [1.54, 1.807) is 12.1 Å². The van der Waals surface area contributed by atoms with Crippen LogP contribution in [0.15, 0.2) is 91.0 Å². The molecule has 4 aromatic carbocycles. The number of hydrogen-bond acceptors (Lipinski definition) is 12. The average Bonchev–Trinajstić information content (AvgIpc) is 3.38. The summed E-state index contributed by atoms with van der Waals surface area (Å²) in [6.07, 6.45) is -1.88. The van der Waals surface area contributed by atoms with Crippen LogP contribution in [0.4, 0.5) is 4.79 Å². The molecule has 0 aromatic heterocycles. The van der Waals surface area contributed by atoms with E-state index in [0.29, 0.717) is 5.56 Å². The van der Waals surface area contributed by atoms with Gasteiger partial charge in [-0.2, -0.15) is 0 Å². The van der Waals surface area contributed by atoms with Gasteiger partial charge in [0.2, 0.25) is 17.7 Å². The van der Waals surface area contributed by atoms with E-state index in [-0.39, 0.29) is 75.6 Å². The lowest BCUT2D eigenvalue weighted by Gasteiger charge is -2.23. The Labute approximate surface area is 430 Å². The van der Waals surface area contributed by atoms with E-state index in [1.165, 1.54) is 36.4 Å². The predicted molar refractivity (Wildman–Crippen MR) is 268 cm³/mol. The number of urea groups is 1. The lowest BCUT2D eigenvalue weighted by molar-refractivity contribution is -0.143. The molecule has 0 saturated heterocycles. The Balaban J connectivity index is 1.38. The Morgan fingerprint density at radius 3 is 1.57 bits per heavy atom. The number of unbranched alkanes of at least 4 members (excludes halogenated alkanes) is 1. The van der Waals surface area contributed by atoms with Crippen molar-refractivity contribution in [1.82, 2.24) is 37.2 Å². The van der Waals surface area contributed by atoms with Crippen LogP contribution >= 0.6 is 0 Å². The normalized spacial score (nSPS) is 12.8. The van der Waals surface area contributed by atoms with Crippen LogP contribution in [0.5, 0.6) is 0 Å². The monoisotopic (exact) mass is 1040 g/mol. The van der Waals surface area contributed by atoms with Gasteiger partial charge < -0.3 is 62.4 Å². The molecule has 0 spiro atoms. The molecule has 4 aromatic rings. The van der Waals surface area contributed by atoms with E-state index in [4.69, 9.17) is 0 Å². The zero-order chi connectivity index (χ0) is 55.0. The SMILES string of the molecule is COC(=O)CCC(NC(=O)NC(CCCCNC(=O)C(Cc1ccc2ccccc2c1)NC(=O)c1ccc(CNC(=O)C(CCC(=O)O)NC(=O)C(CCC(=O)O)NC(=O)c2ccc(C)cc2)cc1)C(=O)O)C(=O)O. The third-order valence-corrected chi connectivity index (χ3v) is 11.7. The van der Waals surface area contributed by atoms with Crippen LogP contribution in [0, 0.1) is 6.92 Å². The van der Waals surface area contributed by atoms with E-state index < -0.39 is 108 Å². The van der Waals surface area contributed by atoms with Crippen molar-refractivity contribution in [2.45, 2.75) is 108 Å². The van der Waals surface area contributed by atoms with Gasteiger partial charge in [0, 0.05) is 49.9 Å². The first-order chi connectivity index (χ1) is 35.7. The number of aryl methyl sites for hydroxylation is 1. The minimum atomic E-state index is -1.49. The van der Waals surface area contributed by atoms with Gasteiger partial charge in [0.15, 0.2) is 0 Å². The van der Waals surface area contributed by atoms with Crippen molar-refractivity contribution < 1.29 is 77.9 Å². The molecular formula is C52H61N7O16. The topological polar surface area (TPSA) is 362 Å². The summed E-state index contributed by atoms with van der Waals surface area (Å²) < 4.78 is 4.49. The van der Waals surface area contributed by atoms with E-state index in [1.807, 2.05) is 49.4 Å². The summed E-state index contributed by atoms with van der Waals surface area (Å²) in [5.41, 5.74) is 2.43. The van der Waals surface area contributed by atoms with E-state index in [0.717, 1.165) is 29.0 Å². The van der Waals surface area contributed by atoms with E-state index in [2.05, 4.69) is 42.0 Å². The van der Waals surface area contributed by atoms with Gasteiger partial charge in [0.1, 0.15) is 30.2 Å². The summed E-state index contributed by atoms with van der Waals surface area (Å²) in [6, 6.07) is 17.6. The molecule has 0 aliphatic carbocycles. The van der Waals surface area contributed by atoms with Crippen molar-refractivity contribution in [1.29, 1.82) is 0 Å². The highest BCUT2D eigenvalue weighted by Crippen LogP contribution is 2.18. The fraction of sp³-hybridized carbons (Fsp3) is 0.365. The van der Waals surface area contributed by atoms with E-state index in [9.17, 15) is 73.2 Å². The summed E-state index contributed by atoms with van der Waals surface area (Å²) >= 11 is 0. The lowest BCUT2D eigenvalue weighted by atomic mass is 10.0. The molecule has 0 aliphatic heterocycles. The average molecular weight is 1040 g/mol. The van der Waals surface area contributed by atoms with Gasteiger partial charge in [-0.1, -0.05) is 72.3 Å². The highest BCUT2D eigenvalue weighted by Gasteiger charge is 2.29. The van der Waals surface area contributed by atoms with Crippen LogP contribution in [0.2, 0.25) is 0 Å². The number of methoxy groups -OCH3 is 1. The quantitative estimate of drug-likeness (QED) is 0.0264. The van der Waals surface area contributed by atoms with Crippen molar-refractivity contribution in [2.75, 3.05) is 13.7 Å². The van der Waals surface area contributed by atoms with Crippen LogP contribution in [-0.2, 0) is 56.1 Å². The fourth-order valence-corrected chi connectivity index (χ4v) is 7.48. The molecule has 0 aliphatic rings. The maximum absolute atomic E-state index is 13.7. The molecule has 0 fully saturated rings. The standard InChI is InChI=1S/C52H61N7O16/c1-30-10-15-34(16-11-30)45(65)55-38(21-24-43(62)63)49(69)56-37(20-23-42(60)61)47(67)54-29-31-12-18-35(19-13-31)46(66)57-41(28-32-14-17-33-7-3-4-8-36(33)27-32)48(68)53-26-6-5-9-39(50(70)71)58-52(74)59-40(51(72)73)22-25-44(64)75-2/h3-4,7-8,10-19,27,37-41H,5-6,9,20-26,28-29H2,1-2H3,(H,53,68)(H,54,67)(H,55,65)(H,56,69)(H,57,66)(H,60,61)(H,62,63)(H,70,71)(H,72,73)(H2,58,59,74). The summed E-state index contributed by atoms with van der Waals surface area (Å²) in [4.78, 5) is 138. The number of carboxylic acid groups (broad SMARTS) is 4. The second kappa shape index (κ2) is 29.6. The third-order valence-electron chi connectivity index (χ3n) is 11.7. The van der Waals surface area contributed by atoms with Crippen molar-refractivity contribution in [3.63, 3.8) is 0 Å². The molecule has 23 nitrogen and oxygen atoms in total. The summed E-state index contributed by atoms with van der Waals surface area (Å²) in [7, 11) is 1.12. The second-order valence-corrected chi connectivity index (χ2v) is 17.4. The number of rotatable bonds is 30. The van der Waals surface area contributed by atoms with Crippen molar-refractivity contribution in [2.24, 2.45) is 0 Å². The van der Waals surface area contributed by atoms with Gasteiger partial charge in [-0.25, -0.2) is 14.4 Å². The highest BCUT2D eigenvalue weighted by molar-refractivity contribution is 5.99. The number of carbonyl (C=O) groups excluding carboxylic acids is 7. The van der Waals surface area contributed by atoms with Crippen LogP contribution < -0.4 is 37.2 Å². The first kappa shape index (κ1) is 58.7. The number of ether oxygens (including phenoxy) is 1. The summed E-state index contributed by atoms with van der Waals surface area (Å²) in [5.74, 6) is -9.55. The molecule has 75 heavy (non-hydrogen) atoms. The van der Waals surface area contributed by atoms with E-state index >= 15 is 0 Å². The molecule has 0 heterocycles. The minimum absolute atomic E-state index is 0.0488.